The van der Waals surface area contributed by atoms with E-state index in [2.05, 4.69) is 17.6 Å². The predicted octanol–water partition coefficient (Wildman–Crippen LogP) is 2.93. The van der Waals surface area contributed by atoms with Gasteiger partial charge in [-0.1, -0.05) is 19.1 Å². The van der Waals surface area contributed by atoms with Gasteiger partial charge in [0.1, 0.15) is 5.82 Å². The van der Waals surface area contributed by atoms with E-state index in [1.54, 1.807) is 12.1 Å². The van der Waals surface area contributed by atoms with Gasteiger partial charge in [0, 0.05) is 18.5 Å². The minimum absolute atomic E-state index is 0.146. The topological polar surface area (TPSA) is 41.1 Å². The first-order valence-corrected chi connectivity index (χ1v) is 7.47. The van der Waals surface area contributed by atoms with Crippen LogP contribution >= 0.6 is 0 Å². The van der Waals surface area contributed by atoms with Crippen molar-refractivity contribution in [2.45, 2.75) is 51.1 Å². The van der Waals surface area contributed by atoms with E-state index in [0.717, 1.165) is 37.8 Å². The molecule has 2 rings (SSSR count). The summed E-state index contributed by atoms with van der Waals surface area (Å²) in [6, 6.07) is 7.28. The molecule has 0 saturated heterocycles. The molecule has 1 amide bonds. The molecule has 0 heterocycles. The van der Waals surface area contributed by atoms with E-state index in [1.807, 2.05) is 6.07 Å². The molecule has 3 nitrogen and oxygen atoms in total. The minimum atomic E-state index is -0.202. The maximum Gasteiger partial charge on any atom is 0.220 e. The third kappa shape index (κ3) is 4.93. The van der Waals surface area contributed by atoms with Gasteiger partial charge in [0.25, 0.3) is 0 Å². The number of carbonyl (C=O) groups excluding carboxylic acids is 1. The molecule has 1 aliphatic rings. The van der Waals surface area contributed by atoms with Gasteiger partial charge in [0.2, 0.25) is 5.91 Å². The molecule has 1 aromatic rings. The van der Waals surface area contributed by atoms with Crippen LogP contribution in [0.1, 0.15) is 50.6 Å². The first-order valence-electron chi connectivity index (χ1n) is 7.47. The lowest BCUT2D eigenvalue weighted by Crippen LogP contribution is -2.27. The van der Waals surface area contributed by atoms with Gasteiger partial charge in [-0.3, -0.25) is 4.79 Å². The number of carbonyl (C=O) groups is 1. The molecule has 1 unspecified atom stereocenters. The molecule has 0 aromatic heterocycles. The molecule has 1 aromatic carbocycles. The van der Waals surface area contributed by atoms with Crippen molar-refractivity contribution >= 4 is 5.91 Å². The van der Waals surface area contributed by atoms with Crippen molar-refractivity contribution in [2.75, 3.05) is 6.54 Å². The first-order chi connectivity index (χ1) is 9.69. The van der Waals surface area contributed by atoms with Crippen LogP contribution in [0.2, 0.25) is 0 Å². The van der Waals surface area contributed by atoms with Crippen LogP contribution in [0.25, 0.3) is 0 Å². The number of halogens is 1. The highest BCUT2D eigenvalue weighted by atomic mass is 19.1. The molecule has 0 spiro atoms. The highest BCUT2D eigenvalue weighted by Gasteiger charge is 2.22. The molecule has 0 aliphatic heterocycles. The number of rotatable bonds is 8. The Hall–Kier alpha value is -1.42. The average molecular weight is 278 g/mol. The predicted molar refractivity (Wildman–Crippen MR) is 77.8 cm³/mol. The Labute approximate surface area is 120 Å². The van der Waals surface area contributed by atoms with Gasteiger partial charge in [-0.05, 0) is 49.9 Å². The normalized spacial score (nSPS) is 15.9. The molecule has 1 saturated carbocycles. The lowest BCUT2D eigenvalue weighted by atomic mass is 10.0. The Morgan fingerprint density at radius 2 is 2.25 bits per heavy atom. The fourth-order valence-electron chi connectivity index (χ4n) is 2.27. The zero-order valence-electron chi connectivity index (χ0n) is 12.0. The summed E-state index contributed by atoms with van der Waals surface area (Å²) in [5.74, 6) is -0.0559. The second kappa shape index (κ2) is 7.39. The van der Waals surface area contributed by atoms with Crippen molar-refractivity contribution in [3.8, 4) is 0 Å². The van der Waals surface area contributed by atoms with E-state index in [0.29, 0.717) is 12.5 Å². The number of amides is 1. The second-order valence-corrected chi connectivity index (χ2v) is 5.42. The molecular formula is C16H23FN2O. The highest BCUT2D eigenvalue weighted by Crippen LogP contribution is 2.19. The quantitative estimate of drug-likeness (QED) is 0.718. The summed E-state index contributed by atoms with van der Waals surface area (Å²) in [5.41, 5.74) is 0.968. The van der Waals surface area contributed by atoms with Gasteiger partial charge in [-0.15, -0.1) is 0 Å². The Morgan fingerprint density at radius 1 is 1.45 bits per heavy atom. The van der Waals surface area contributed by atoms with Gasteiger partial charge in [-0.25, -0.2) is 4.39 Å². The third-order valence-corrected chi connectivity index (χ3v) is 3.57. The van der Waals surface area contributed by atoms with E-state index in [1.165, 1.54) is 6.07 Å². The van der Waals surface area contributed by atoms with Crippen molar-refractivity contribution in [3.63, 3.8) is 0 Å². The molecular weight excluding hydrogens is 255 g/mol. The Balaban J connectivity index is 1.69. The Morgan fingerprint density at radius 3 is 2.90 bits per heavy atom. The van der Waals surface area contributed by atoms with E-state index < -0.39 is 0 Å². The first kappa shape index (κ1) is 15.0. The van der Waals surface area contributed by atoms with Gasteiger partial charge in [0.05, 0.1) is 0 Å². The van der Waals surface area contributed by atoms with Crippen molar-refractivity contribution in [1.82, 2.24) is 10.6 Å². The van der Waals surface area contributed by atoms with E-state index >= 15 is 0 Å². The molecule has 1 atom stereocenters. The van der Waals surface area contributed by atoms with E-state index in [-0.39, 0.29) is 17.8 Å². The zero-order chi connectivity index (χ0) is 14.4. The summed E-state index contributed by atoms with van der Waals surface area (Å²) in [7, 11) is 0. The maximum absolute atomic E-state index is 13.2. The largest absolute Gasteiger partial charge is 0.353 e. The fraction of sp³-hybridized carbons (Fsp3) is 0.562. The van der Waals surface area contributed by atoms with Crippen LogP contribution in [0.3, 0.4) is 0 Å². The van der Waals surface area contributed by atoms with Gasteiger partial charge < -0.3 is 10.6 Å². The molecule has 1 aliphatic carbocycles. The van der Waals surface area contributed by atoms with Crippen molar-refractivity contribution in [1.29, 1.82) is 0 Å². The molecule has 0 radical (unpaired) electrons. The number of hydrogen-bond donors (Lipinski definition) is 2. The number of benzene rings is 1. The van der Waals surface area contributed by atoms with Crippen LogP contribution in [0, 0.1) is 5.82 Å². The third-order valence-electron chi connectivity index (χ3n) is 3.57. The van der Waals surface area contributed by atoms with Gasteiger partial charge >= 0.3 is 0 Å². The molecule has 4 heteroatoms. The summed E-state index contributed by atoms with van der Waals surface area (Å²) < 4.78 is 13.2. The van der Waals surface area contributed by atoms with Gasteiger partial charge in [0.15, 0.2) is 0 Å². The standard InChI is InChI=1S/C16H23FN2O/c1-2-15(12-5-3-6-13(17)11-12)18-10-4-7-16(20)19-14-8-9-14/h3,5-6,11,14-15,18H,2,4,7-10H2,1H3,(H,19,20). The summed E-state index contributed by atoms with van der Waals surface area (Å²) in [6.07, 6.45) is 4.52. The van der Waals surface area contributed by atoms with Crippen molar-refractivity contribution in [3.05, 3.63) is 35.6 Å². The summed E-state index contributed by atoms with van der Waals surface area (Å²) in [6.45, 7) is 2.84. The van der Waals surface area contributed by atoms with Crippen LogP contribution in [-0.4, -0.2) is 18.5 Å². The van der Waals surface area contributed by atoms with Crippen LogP contribution in [-0.2, 0) is 4.79 Å². The molecule has 2 N–H and O–H groups in total. The molecule has 0 bridgehead atoms. The lowest BCUT2D eigenvalue weighted by molar-refractivity contribution is -0.121. The number of nitrogens with one attached hydrogen (secondary N) is 2. The summed E-state index contributed by atoms with van der Waals surface area (Å²) in [5, 5.41) is 6.37. The summed E-state index contributed by atoms with van der Waals surface area (Å²) >= 11 is 0. The lowest BCUT2D eigenvalue weighted by Gasteiger charge is -2.17. The van der Waals surface area contributed by atoms with E-state index in [4.69, 9.17) is 0 Å². The second-order valence-electron chi connectivity index (χ2n) is 5.42. The number of hydrogen-bond acceptors (Lipinski definition) is 2. The Bertz CT molecular complexity index is 446. The van der Waals surface area contributed by atoms with Crippen LogP contribution < -0.4 is 10.6 Å². The van der Waals surface area contributed by atoms with Crippen molar-refractivity contribution < 1.29 is 9.18 Å². The fourth-order valence-corrected chi connectivity index (χ4v) is 2.27. The SMILES string of the molecule is CCC(NCCCC(=O)NC1CC1)c1cccc(F)c1. The molecule has 110 valence electrons. The van der Waals surface area contributed by atoms with E-state index in [9.17, 15) is 9.18 Å². The van der Waals surface area contributed by atoms with Gasteiger partial charge in [-0.2, -0.15) is 0 Å². The smallest absolute Gasteiger partial charge is 0.220 e. The minimum Gasteiger partial charge on any atom is -0.353 e. The zero-order valence-corrected chi connectivity index (χ0v) is 12.0. The monoisotopic (exact) mass is 278 g/mol. The van der Waals surface area contributed by atoms with Crippen LogP contribution in [0.5, 0.6) is 0 Å². The summed E-state index contributed by atoms with van der Waals surface area (Å²) in [4.78, 5) is 11.5. The molecule has 20 heavy (non-hydrogen) atoms. The van der Waals surface area contributed by atoms with Crippen LogP contribution in [0.4, 0.5) is 4.39 Å². The van der Waals surface area contributed by atoms with Crippen LogP contribution in [0.15, 0.2) is 24.3 Å². The maximum atomic E-state index is 13.2. The average Bonchev–Trinajstić information content (AvgIpc) is 3.22. The molecule has 1 fully saturated rings. The highest BCUT2D eigenvalue weighted by molar-refractivity contribution is 5.76. The van der Waals surface area contributed by atoms with Crippen molar-refractivity contribution in [2.24, 2.45) is 0 Å². The Kier molecular flexibility index (Phi) is 5.53.